The van der Waals surface area contributed by atoms with E-state index in [9.17, 15) is 0 Å². The summed E-state index contributed by atoms with van der Waals surface area (Å²) in [5, 5.41) is 0. The summed E-state index contributed by atoms with van der Waals surface area (Å²) in [5.41, 5.74) is 1.20. The van der Waals surface area contributed by atoms with Gasteiger partial charge in [0.05, 0.1) is 0 Å². The molecule has 1 aromatic carbocycles. The molecular formula is C15H28N+. The van der Waals surface area contributed by atoms with Gasteiger partial charge in [0.2, 0.25) is 5.69 Å². The number of rotatable bonds is 2. The Morgan fingerprint density at radius 1 is 1.00 bits per heavy atom. The van der Waals surface area contributed by atoms with Crippen LogP contribution in [0.1, 0.15) is 35.6 Å². The summed E-state index contributed by atoms with van der Waals surface area (Å²) >= 11 is 0. The van der Waals surface area contributed by atoms with Gasteiger partial charge in [0.25, 0.3) is 0 Å². The molecule has 0 bridgehead atoms. The normalized spacial score (nSPS) is 9.62. The molecule has 0 fully saturated rings. The maximum Gasteiger partial charge on any atom is 0.204 e. The van der Waals surface area contributed by atoms with E-state index in [0.717, 1.165) is 0 Å². The molecule has 16 heavy (non-hydrogen) atoms. The molecule has 0 saturated heterocycles. The lowest BCUT2D eigenvalue weighted by Crippen LogP contribution is -1.96. The number of hydrogen-bond acceptors (Lipinski definition) is 0. The molecule has 0 radical (unpaired) electrons. The van der Waals surface area contributed by atoms with Crippen molar-refractivity contribution < 1.29 is 4.58 Å². The predicted molar refractivity (Wildman–Crippen MR) is 78.0 cm³/mol. The lowest BCUT2D eigenvalue weighted by molar-refractivity contribution is -0.398. The van der Waals surface area contributed by atoms with Gasteiger partial charge in [0, 0.05) is 12.1 Å². The van der Waals surface area contributed by atoms with Crippen molar-refractivity contribution in [1.29, 1.82) is 0 Å². The Morgan fingerprint density at radius 2 is 1.50 bits per heavy atom. The zero-order valence-electron chi connectivity index (χ0n) is 9.57. The van der Waals surface area contributed by atoms with Gasteiger partial charge in [-0.2, -0.15) is 0 Å². The molecule has 1 aromatic rings. The Morgan fingerprint density at radius 3 is 1.94 bits per heavy atom. The van der Waals surface area contributed by atoms with E-state index < -0.39 is 0 Å². The molecule has 0 unspecified atom stereocenters. The third-order valence-electron chi connectivity index (χ3n) is 1.67. The van der Waals surface area contributed by atoms with Gasteiger partial charge in [-0.05, 0) is 13.0 Å². The zero-order valence-corrected chi connectivity index (χ0v) is 9.57. The third kappa shape index (κ3) is 7.98. The first-order valence-corrected chi connectivity index (χ1v) is 5.08. The van der Waals surface area contributed by atoms with Gasteiger partial charge in [0.15, 0.2) is 6.21 Å². The minimum atomic E-state index is 0. The second-order valence-corrected chi connectivity index (χ2v) is 2.62. The largest absolute Gasteiger partial charge is 0.204 e. The first-order chi connectivity index (χ1) is 6.84. The first kappa shape index (κ1) is 20.1. The van der Waals surface area contributed by atoms with Crippen molar-refractivity contribution in [1.82, 2.24) is 0 Å². The van der Waals surface area contributed by atoms with E-state index in [1.54, 1.807) is 0 Å². The molecule has 0 spiro atoms. The van der Waals surface area contributed by atoms with Gasteiger partial charge in [-0.25, -0.2) is 4.58 Å². The van der Waals surface area contributed by atoms with Gasteiger partial charge >= 0.3 is 0 Å². The third-order valence-corrected chi connectivity index (χ3v) is 1.67. The number of para-hydroxylation sites is 1. The quantitative estimate of drug-likeness (QED) is 0.494. The van der Waals surface area contributed by atoms with Crippen molar-refractivity contribution in [2.45, 2.75) is 35.6 Å². The van der Waals surface area contributed by atoms with Crippen LogP contribution in [-0.4, -0.2) is 17.8 Å². The van der Waals surface area contributed by atoms with Crippen molar-refractivity contribution in [2.75, 3.05) is 7.05 Å². The molecular weight excluding hydrogens is 194 g/mol. The van der Waals surface area contributed by atoms with Gasteiger partial charge in [-0.1, -0.05) is 53.0 Å². The highest BCUT2D eigenvalue weighted by molar-refractivity contribution is 5.67. The molecule has 1 rings (SSSR count). The number of hydrogen-bond donors (Lipinski definition) is 0. The molecule has 0 N–H and O–H groups in total. The summed E-state index contributed by atoms with van der Waals surface area (Å²) in [4.78, 5) is 0. The molecule has 92 valence electrons. The van der Waals surface area contributed by atoms with Crippen molar-refractivity contribution in [2.24, 2.45) is 0 Å². The molecule has 0 aromatic heterocycles. The van der Waals surface area contributed by atoms with Crippen molar-refractivity contribution in [3.8, 4) is 0 Å². The van der Waals surface area contributed by atoms with E-state index in [4.69, 9.17) is 0 Å². The average Bonchev–Trinajstić information content (AvgIpc) is 2.30. The summed E-state index contributed by atoms with van der Waals surface area (Å²) in [6, 6.07) is 10.3. The highest BCUT2D eigenvalue weighted by Crippen LogP contribution is 2.06. The Labute approximate surface area is 102 Å². The molecule has 0 atom stereocenters. The Kier molecular flexibility index (Phi) is 17.1. The summed E-state index contributed by atoms with van der Waals surface area (Å²) in [6.45, 7) is 6.01. The Hall–Kier alpha value is -1.37. The molecule has 0 amide bonds. The van der Waals surface area contributed by atoms with E-state index in [-0.39, 0.29) is 14.9 Å². The van der Waals surface area contributed by atoms with Crippen LogP contribution in [0.25, 0.3) is 0 Å². The van der Waals surface area contributed by atoms with Crippen molar-refractivity contribution in [3.05, 3.63) is 42.5 Å². The Bertz CT molecular complexity index is 284. The zero-order chi connectivity index (χ0) is 10.8. The van der Waals surface area contributed by atoms with Gasteiger partial charge in [-0.3, -0.25) is 0 Å². The molecule has 0 aliphatic rings. The second kappa shape index (κ2) is 13.6. The second-order valence-electron chi connectivity index (χ2n) is 2.62. The monoisotopic (exact) mass is 222 g/mol. The summed E-state index contributed by atoms with van der Waals surface area (Å²) in [6.07, 6.45) is 6.07. The fraction of sp³-hybridized carbons (Fsp3) is 0.400. The maximum atomic E-state index is 2.08. The van der Waals surface area contributed by atoms with Crippen LogP contribution in [0.3, 0.4) is 0 Å². The molecule has 1 nitrogen and oxygen atoms in total. The number of allylic oxidation sites excluding steroid dienone is 2. The summed E-state index contributed by atoms with van der Waals surface area (Å²) in [5.74, 6) is 0. The van der Waals surface area contributed by atoms with Crippen LogP contribution in [-0.2, 0) is 0 Å². The molecule has 1 heteroatoms. The standard InChI is InChI=1S/C11H14N.C2H6.2CH4/c1-3-4-10-12(2)11-8-6-5-7-9-11;1-2;;/h3-10H,1-2H3;1-2H3;2*1H4/q+1;;;. The van der Waals surface area contributed by atoms with E-state index in [0.29, 0.717) is 0 Å². The number of benzene rings is 1. The van der Waals surface area contributed by atoms with Crippen molar-refractivity contribution in [3.63, 3.8) is 0 Å². The van der Waals surface area contributed by atoms with Crippen LogP contribution >= 0.6 is 0 Å². The van der Waals surface area contributed by atoms with Crippen molar-refractivity contribution >= 4 is 11.9 Å². The Balaban J connectivity index is -0.000000399. The van der Waals surface area contributed by atoms with Gasteiger partial charge in [-0.15, -0.1) is 0 Å². The van der Waals surface area contributed by atoms with E-state index in [1.807, 2.05) is 64.4 Å². The fourth-order valence-electron chi connectivity index (χ4n) is 0.964. The highest BCUT2D eigenvalue weighted by atomic mass is 15.0. The van der Waals surface area contributed by atoms with E-state index in [2.05, 4.69) is 16.7 Å². The van der Waals surface area contributed by atoms with E-state index >= 15 is 0 Å². The van der Waals surface area contributed by atoms with Crippen LogP contribution in [0, 0.1) is 0 Å². The molecule has 0 heterocycles. The topological polar surface area (TPSA) is 3.01 Å². The summed E-state index contributed by atoms with van der Waals surface area (Å²) < 4.78 is 2.08. The van der Waals surface area contributed by atoms with Crippen LogP contribution in [0.4, 0.5) is 5.69 Å². The number of nitrogens with zero attached hydrogens (tertiary/aromatic N) is 1. The minimum Gasteiger partial charge on any atom is -0.202 e. The van der Waals surface area contributed by atoms with Gasteiger partial charge < -0.3 is 0 Å². The smallest absolute Gasteiger partial charge is 0.202 e. The SMILES string of the molecule is C.C.CC.CC=CC=[N+](C)c1ccccc1. The average molecular weight is 222 g/mol. The van der Waals surface area contributed by atoms with Crippen LogP contribution in [0.2, 0.25) is 0 Å². The first-order valence-electron chi connectivity index (χ1n) is 5.08. The van der Waals surface area contributed by atoms with Crippen LogP contribution < -0.4 is 0 Å². The predicted octanol–water partition coefficient (Wildman–Crippen LogP) is 4.91. The van der Waals surface area contributed by atoms with Crippen LogP contribution in [0.5, 0.6) is 0 Å². The summed E-state index contributed by atoms with van der Waals surface area (Å²) in [7, 11) is 2.04. The fourth-order valence-corrected chi connectivity index (χ4v) is 0.964. The van der Waals surface area contributed by atoms with Gasteiger partial charge in [0.1, 0.15) is 7.05 Å². The highest BCUT2D eigenvalue weighted by Gasteiger charge is 1.97. The molecule has 0 saturated carbocycles. The maximum absolute atomic E-state index is 2.08. The molecule has 0 aliphatic carbocycles. The molecule has 0 aliphatic heterocycles. The lowest BCUT2D eigenvalue weighted by atomic mass is 10.3. The van der Waals surface area contributed by atoms with Crippen LogP contribution in [0.15, 0.2) is 42.5 Å². The lowest BCUT2D eigenvalue weighted by Gasteiger charge is -1.92. The van der Waals surface area contributed by atoms with E-state index in [1.165, 1.54) is 5.69 Å². The minimum absolute atomic E-state index is 0.